The SMILES string of the molecule is Cc1nc(CC(=O)c2ccc(Cl)nc2)sc1C. The summed E-state index contributed by atoms with van der Waals surface area (Å²) in [4.78, 5) is 21.3. The number of ketones is 1. The van der Waals surface area contributed by atoms with Crippen molar-refractivity contribution in [1.29, 1.82) is 0 Å². The van der Waals surface area contributed by atoms with E-state index in [0.717, 1.165) is 15.6 Å². The Hall–Kier alpha value is -1.26. The summed E-state index contributed by atoms with van der Waals surface area (Å²) in [5.74, 6) is 0.0166. The fraction of sp³-hybridized carbons (Fsp3) is 0.250. The topological polar surface area (TPSA) is 42.9 Å². The van der Waals surface area contributed by atoms with Crippen LogP contribution in [0.1, 0.15) is 25.9 Å². The molecule has 0 spiro atoms. The van der Waals surface area contributed by atoms with E-state index in [-0.39, 0.29) is 5.78 Å². The normalized spacial score (nSPS) is 10.5. The highest BCUT2D eigenvalue weighted by Crippen LogP contribution is 2.18. The smallest absolute Gasteiger partial charge is 0.171 e. The molecule has 0 fully saturated rings. The summed E-state index contributed by atoms with van der Waals surface area (Å²) in [6.45, 7) is 3.95. The van der Waals surface area contributed by atoms with Gasteiger partial charge in [-0.2, -0.15) is 0 Å². The first-order chi connectivity index (χ1) is 8.06. The molecule has 0 bridgehead atoms. The van der Waals surface area contributed by atoms with Gasteiger partial charge in [-0.3, -0.25) is 4.79 Å². The summed E-state index contributed by atoms with van der Waals surface area (Å²) in [7, 11) is 0. The molecule has 3 nitrogen and oxygen atoms in total. The van der Waals surface area contributed by atoms with E-state index in [1.165, 1.54) is 6.20 Å². The van der Waals surface area contributed by atoms with Gasteiger partial charge in [-0.05, 0) is 26.0 Å². The lowest BCUT2D eigenvalue weighted by molar-refractivity contribution is 0.0992. The Bertz CT molecular complexity index is 529. The Morgan fingerprint density at radius 3 is 2.71 bits per heavy atom. The van der Waals surface area contributed by atoms with Crippen LogP contribution in [0.5, 0.6) is 0 Å². The number of Topliss-reactive ketones (excluding diaryl/α,β-unsaturated/α-hetero) is 1. The van der Waals surface area contributed by atoms with Crippen molar-refractivity contribution in [3.63, 3.8) is 0 Å². The van der Waals surface area contributed by atoms with Gasteiger partial charge >= 0.3 is 0 Å². The van der Waals surface area contributed by atoms with Crippen molar-refractivity contribution in [3.05, 3.63) is 44.6 Å². The lowest BCUT2D eigenvalue weighted by Crippen LogP contribution is -2.03. The lowest BCUT2D eigenvalue weighted by Gasteiger charge is -1.97. The maximum Gasteiger partial charge on any atom is 0.171 e. The fourth-order valence-corrected chi connectivity index (χ4v) is 2.44. The van der Waals surface area contributed by atoms with Gasteiger partial charge in [0.2, 0.25) is 0 Å². The molecule has 2 rings (SSSR count). The van der Waals surface area contributed by atoms with Gasteiger partial charge in [0.1, 0.15) is 10.2 Å². The van der Waals surface area contributed by atoms with E-state index in [9.17, 15) is 4.79 Å². The molecule has 0 atom stereocenters. The molecular weight excluding hydrogens is 256 g/mol. The van der Waals surface area contributed by atoms with Crippen molar-refractivity contribution in [2.45, 2.75) is 20.3 Å². The van der Waals surface area contributed by atoms with Gasteiger partial charge in [-0.25, -0.2) is 9.97 Å². The summed E-state index contributed by atoms with van der Waals surface area (Å²) >= 11 is 7.23. The number of rotatable bonds is 3. The zero-order valence-corrected chi connectivity index (χ0v) is 11.1. The molecule has 0 N–H and O–H groups in total. The molecule has 2 aromatic rings. The highest BCUT2D eigenvalue weighted by atomic mass is 35.5. The molecule has 0 saturated carbocycles. The van der Waals surface area contributed by atoms with Crippen LogP contribution in [0, 0.1) is 13.8 Å². The van der Waals surface area contributed by atoms with E-state index in [0.29, 0.717) is 17.1 Å². The average molecular weight is 267 g/mol. The summed E-state index contributed by atoms with van der Waals surface area (Å²) in [6.07, 6.45) is 1.82. The number of carbonyl (C=O) groups excluding carboxylic acids is 1. The van der Waals surface area contributed by atoms with Crippen LogP contribution < -0.4 is 0 Å². The van der Waals surface area contributed by atoms with Crippen molar-refractivity contribution < 1.29 is 4.79 Å². The monoisotopic (exact) mass is 266 g/mol. The Morgan fingerprint density at radius 2 is 2.18 bits per heavy atom. The molecule has 0 amide bonds. The number of hydrogen-bond acceptors (Lipinski definition) is 4. The van der Waals surface area contributed by atoms with Gasteiger partial charge in [-0.15, -0.1) is 11.3 Å². The molecule has 0 unspecified atom stereocenters. The van der Waals surface area contributed by atoms with Crippen LogP contribution in [0.3, 0.4) is 0 Å². The number of aromatic nitrogens is 2. The number of hydrogen-bond donors (Lipinski definition) is 0. The number of thiazole rings is 1. The molecule has 0 aliphatic carbocycles. The number of aryl methyl sites for hydroxylation is 2. The molecule has 0 aliphatic rings. The second kappa shape index (κ2) is 4.94. The third-order valence-corrected chi connectivity index (χ3v) is 3.73. The molecule has 5 heteroatoms. The van der Waals surface area contributed by atoms with Crippen molar-refractivity contribution in [1.82, 2.24) is 9.97 Å². The van der Waals surface area contributed by atoms with E-state index in [1.54, 1.807) is 23.5 Å². The van der Waals surface area contributed by atoms with Crippen molar-refractivity contribution >= 4 is 28.7 Å². The summed E-state index contributed by atoms with van der Waals surface area (Å²) in [5.41, 5.74) is 1.56. The minimum atomic E-state index is 0.0166. The van der Waals surface area contributed by atoms with E-state index in [1.807, 2.05) is 13.8 Å². The number of pyridine rings is 1. The Morgan fingerprint density at radius 1 is 1.41 bits per heavy atom. The second-order valence-electron chi connectivity index (χ2n) is 3.72. The van der Waals surface area contributed by atoms with Crippen LogP contribution in [-0.4, -0.2) is 15.8 Å². The Balaban J connectivity index is 2.14. The van der Waals surface area contributed by atoms with E-state index in [2.05, 4.69) is 9.97 Å². The molecule has 2 aromatic heterocycles. The Labute approximate surface area is 108 Å². The number of carbonyl (C=O) groups is 1. The van der Waals surface area contributed by atoms with Gasteiger partial charge in [0.05, 0.1) is 12.1 Å². The first kappa shape index (κ1) is 12.2. The van der Waals surface area contributed by atoms with Crippen LogP contribution >= 0.6 is 22.9 Å². The highest BCUT2D eigenvalue weighted by molar-refractivity contribution is 7.11. The van der Waals surface area contributed by atoms with Crippen LogP contribution in [0.25, 0.3) is 0 Å². The summed E-state index contributed by atoms with van der Waals surface area (Å²) < 4.78 is 0. The molecule has 88 valence electrons. The standard InChI is InChI=1S/C12H11ClN2OS/c1-7-8(2)17-12(15-7)5-10(16)9-3-4-11(13)14-6-9/h3-4,6H,5H2,1-2H3. The maximum absolute atomic E-state index is 11.9. The fourth-order valence-electron chi connectivity index (χ4n) is 1.39. The minimum absolute atomic E-state index is 0.0166. The van der Waals surface area contributed by atoms with Gasteiger partial charge in [0, 0.05) is 16.6 Å². The largest absolute Gasteiger partial charge is 0.294 e. The van der Waals surface area contributed by atoms with E-state index < -0.39 is 0 Å². The predicted molar refractivity (Wildman–Crippen MR) is 68.9 cm³/mol. The van der Waals surface area contributed by atoms with Crippen LogP contribution in [-0.2, 0) is 6.42 Å². The van der Waals surface area contributed by atoms with Gasteiger partial charge < -0.3 is 0 Å². The van der Waals surface area contributed by atoms with Crippen LogP contribution in [0.15, 0.2) is 18.3 Å². The third-order valence-electron chi connectivity index (χ3n) is 2.43. The maximum atomic E-state index is 11.9. The van der Waals surface area contributed by atoms with Crippen molar-refractivity contribution in [3.8, 4) is 0 Å². The average Bonchev–Trinajstić information content (AvgIpc) is 2.58. The zero-order valence-electron chi connectivity index (χ0n) is 9.53. The van der Waals surface area contributed by atoms with E-state index >= 15 is 0 Å². The van der Waals surface area contributed by atoms with Crippen LogP contribution in [0.2, 0.25) is 5.15 Å². The molecule has 2 heterocycles. The van der Waals surface area contributed by atoms with Crippen LogP contribution in [0.4, 0.5) is 0 Å². The first-order valence-corrected chi connectivity index (χ1v) is 6.33. The summed E-state index contributed by atoms with van der Waals surface area (Å²) in [5, 5.41) is 1.24. The lowest BCUT2D eigenvalue weighted by atomic mass is 10.1. The number of nitrogens with zero attached hydrogens (tertiary/aromatic N) is 2. The van der Waals surface area contributed by atoms with Crippen molar-refractivity contribution in [2.24, 2.45) is 0 Å². The minimum Gasteiger partial charge on any atom is -0.294 e. The quantitative estimate of drug-likeness (QED) is 0.633. The van der Waals surface area contributed by atoms with E-state index in [4.69, 9.17) is 11.6 Å². The molecule has 17 heavy (non-hydrogen) atoms. The first-order valence-electron chi connectivity index (χ1n) is 5.14. The van der Waals surface area contributed by atoms with Crippen molar-refractivity contribution in [2.75, 3.05) is 0 Å². The molecule has 0 aliphatic heterocycles. The zero-order chi connectivity index (χ0) is 12.4. The molecule has 0 aromatic carbocycles. The summed E-state index contributed by atoms with van der Waals surface area (Å²) in [6, 6.07) is 3.30. The molecular formula is C12H11ClN2OS. The molecule has 0 saturated heterocycles. The highest BCUT2D eigenvalue weighted by Gasteiger charge is 2.11. The third kappa shape index (κ3) is 2.90. The second-order valence-corrected chi connectivity index (χ2v) is 5.39. The van der Waals surface area contributed by atoms with Gasteiger partial charge in [0.15, 0.2) is 5.78 Å². The molecule has 0 radical (unpaired) electrons. The predicted octanol–water partition coefficient (Wildman–Crippen LogP) is 3.23. The number of halogens is 1. The Kier molecular flexibility index (Phi) is 3.54. The van der Waals surface area contributed by atoms with Gasteiger partial charge in [0.25, 0.3) is 0 Å². The van der Waals surface area contributed by atoms with Gasteiger partial charge in [-0.1, -0.05) is 11.6 Å².